The third-order valence-corrected chi connectivity index (χ3v) is 4.61. The van der Waals surface area contributed by atoms with Gasteiger partial charge in [-0.3, -0.25) is 9.59 Å². The summed E-state index contributed by atoms with van der Waals surface area (Å²) in [5.74, 6) is -2.56. The predicted molar refractivity (Wildman–Crippen MR) is 102 cm³/mol. The number of likely N-dealkylation sites (N-methyl/N-ethyl adjacent to an activating group) is 1. The fraction of sp³-hybridized carbons (Fsp3) is 0.176. The molecular formula is C17H13Cl3FN3O4. The Labute approximate surface area is 174 Å². The van der Waals surface area contributed by atoms with Crippen LogP contribution >= 0.6 is 34.8 Å². The van der Waals surface area contributed by atoms with Crippen molar-refractivity contribution >= 4 is 58.3 Å². The maximum absolute atomic E-state index is 12.8. The number of hydrogen-bond donors (Lipinski definition) is 1. The topological polar surface area (TPSA) is 88.6 Å². The molecule has 0 saturated carbocycles. The minimum atomic E-state index is -0.971. The molecule has 0 spiro atoms. The summed E-state index contributed by atoms with van der Waals surface area (Å²) in [6, 6.07) is 5.13. The molecule has 1 aromatic carbocycles. The van der Waals surface area contributed by atoms with E-state index in [0.29, 0.717) is 5.69 Å². The highest BCUT2D eigenvalue weighted by molar-refractivity contribution is 6.48. The van der Waals surface area contributed by atoms with Gasteiger partial charge in [0.2, 0.25) is 5.91 Å². The summed E-state index contributed by atoms with van der Waals surface area (Å²) in [7, 11) is 1.35. The van der Waals surface area contributed by atoms with Gasteiger partial charge in [-0.05, 0) is 24.3 Å². The number of amides is 2. The number of hydrogen-bond acceptors (Lipinski definition) is 5. The first kappa shape index (κ1) is 21.9. The Kier molecular flexibility index (Phi) is 7.56. The second-order valence-electron chi connectivity index (χ2n) is 5.46. The summed E-state index contributed by atoms with van der Waals surface area (Å²) in [6.07, 6.45) is 1.13. The standard InChI is InChI=1S/C17H13Cl3FN3O4/c1-24(7-12(25)23-10-4-2-9(21)3-5-10)13(26)8-28-17(27)16-15(20)14(19)11(18)6-22-16/h2-6H,7-8H2,1H3,(H,23,25). The monoisotopic (exact) mass is 447 g/mol. The molecule has 0 fully saturated rings. The molecule has 0 unspecified atom stereocenters. The van der Waals surface area contributed by atoms with Gasteiger partial charge in [0.05, 0.1) is 21.6 Å². The van der Waals surface area contributed by atoms with Crippen LogP contribution in [0.4, 0.5) is 10.1 Å². The smallest absolute Gasteiger partial charge is 0.359 e. The van der Waals surface area contributed by atoms with Crippen molar-refractivity contribution < 1.29 is 23.5 Å². The summed E-state index contributed by atoms with van der Waals surface area (Å²) >= 11 is 17.4. The average molecular weight is 449 g/mol. The first-order chi connectivity index (χ1) is 13.2. The van der Waals surface area contributed by atoms with Crippen molar-refractivity contribution in [3.8, 4) is 0 Å². The fourth-order valence-corrected chi connectivity index (χ4v) is 2.49. The van der Waals surface area contributed by atoms with Crippen molar-refractivity contribution in [2.75, 3.05) is 25.5 Å². The molecule has 1 N–H and O–H groups in total. The zero-order valence-electron chi connectivity index (χ0n) is 14.3. The molecule has 0 aliphatic heterocycles. The molecule has 1 aromatic heterocycles. The Bertz CT molecular complexity index is 909. The van der Waals surface area contributed by atoms with Crippen LogP contribution in [0.25, 0.3) is 0 Å². The summed E-state index contributed by atoms with van der Waals surface area (Å²) in [5, 5.41) is 2.30. The number of nitrogens with zero attached hydrogens (tertiary/aromatic N) is 2. The third-order valence-electron chi connectivity index (χ3n) is 3.37. The van der Waals surface area contributed by atoms with E-state index in [-0.39, 0.29) is 27.3 Å². The van der Waals surface area contributed by atoms with Crippen LogP contribution in [0.15, 0.2) is 30.5 Å². The summed E-state index contributed by atoms with van der Waals surface area (Å²) in [6.45, 7) is -0.947. The molecule has 2 rings (SSSR count). The Morgan fingerprint density at radius 2 is 1.79 bits per heavy atom. The molecule has 0 aliphatic carbocycles. The zero-order valence-corrected chi connectivity index (χ0v) is 16.6. The van der Waals surface area contributed by atoms with E-state index in [4.69, 9.17) is 39.5 Å². The molecular weight excluding hydrogens is 436 g/mol. The molecule has 2 amide bonds. The van der Waals surface area contributed by atoms with Crippen molar-refractivity contribution in [2.45, 2.75) is 0 Å². The third kappa shape index (κ3) is 5.79. The van der Waals surface area contributed by atoms with Gasteiger partial charge in [0, 0.05) is 18.9 Å². The minimum absolute atomic E-state index is 0.0613. The lowest BCUT2D eigenvalue weighted by Gasteiger charge is -2.17. The highest BCUT2D eigenvalue weighted by atomic mass is 35.5. The number of rotatable bonds is 6. The molecule has 0 aliphatic rings. The number of aromatic nitrogens is 1. The number of carbonyl (C=O) groups excluding carboxylic acids is 3. The zero-order chi connectivity index (χ0) is 20.8. The molecule has 0 radical (unpaired) electrons. The Hall–Kier alpha value is -2.42. The van der Waals surface area contributed by atoms with E-state index in [1.54, 1.807) is 0 Å². The largest absolute Gasteiger partial charge is 0.451 e. The second-order valence-corrected chi connectivity index (χ2v) is 6.63. The lowest BCUT2D eigenvalue weighted by molar-refractivity contribution is -0.136. The van der Waals surface area contributed by atoms with E-state index in [9.17, 15) is 18.8 Å². The van der Waals surface area contributed by atoms with Crippen LogP contribution in [0.2, 0.25) is 15.1 Å². The van der Waals surface area contributed by atoms with Crippen LogP contribution in [0.5, 0.6) is 0 Å². The number of benzene rings is 1. The maximum atomic E-state index is 12.8. The molecule has 148 valence electrons. The predicted octanol–water partition coefficient (Wildman–Crippen LogP) is 3.43. The average Bonchev–Trinajstić information content (AvgIpc) is 2.65. The normalized spacial score (nSPS) is 10.3. The number of anilines is 1. The van der Waals surface area contributed by atoms with Gasteiger partial charge in [-0.1, -0.05) is 34.8 Å². The summed E-state index contributed by atoms with van der Waals surface area (Å²) < 4.78 is 17.7. The molecule has 28 heavy (non-hydrogen) atoms. The van der Waals surface area contributed by atoms with Crippen LogP contribution in [-0.2, 0) is 14.3 Å². The van der Waals surface area contributed by atoms with Crippen LogP contribution in [0.1, 0.15) is 10.5 Å². The van der Waals surface area contributed by atoms with Crippen LogP contribution in [-0.4, -0.2) is 47.9 Å². The van der Waals surface area contributed by atoms with Gasteiger partial charge in [-0.2, -0.15) is 0 Å². The first-order valence-corrected chi connectivity index (χ1v) is 8.78. The van der Waals surface area contributed by atoms with Gasteiger partial charge in [-0.15, -0.1) is 0 Å². The number of esters is 1. The molecule has 11 heteroatoms. The van der Waals surface area contributed by atoms with E-state index in [1.807, 2.05) is 0 Å². The van der Waals surface area contributed by atoms with E-state index in [1.165, 1.54) is 31.3 Å². The Morgan fingerprint density at radius 1 is 1.14 bits per heavy atom. The van der Waals surface area contributed by atoms with Crippen molar-refractivity contribution in [3.63, 3.8) is 0 Å². The number of ether oxygens (including phenoxy) is 1. The van der Waals surface area contributed by atoms with Crippen molar-refractivity contribution in [1.29, 1.82) is 0 Å². The van der Waals surface area contributed by atoms with E-state index < -0.39 is 30.2 Å². The molecule has 0 bridgehead atoms. The van der Waals surface area contributed by atoms with Crippen LogP contribution in [0, 0.1) is 5.82 Å². The van der Waals surface area contributed by atoms with Gasteiger partial charge in [0.25, 0.3) is 5.91 Å². The maximum Gasteiger partial charge on any atom is 0.359 e. The number of carbonyl (C=O) groups is 3. The summed E-state index contributed by atoms with van der Waals surface area (Å²) in [5.41, 5.74) is 0.0829. The van der Waals surface area contributed by atoms with Gasteiger partial charge in [0.15, 0.2) is 12.3 Å². The van der Waals surface area contributed by atoms with Gasteiger partial charge >= 0.3 is 5.97 Å². The number of pyridine rings is 1. The molecule has 7 nitrogen and oxygen atoms in total. The fourth-order valence-electron chi connectivity index (χ4n) is 1.93. The first-order valence-electron chi connectivity index (χ1n) is 7.65. The second kappa shape index (κ2) is 9.68. The van der Waals surface area contributed by atoms with E-state index >= 15 is 0 Å². The molecule has 2 aromatic rings. The van der Waals surface area contributed by atoms with Crippen LogP contribution in [0.3, 0.4) is 0 Å². The SMILES string of the molecule is CN(CC(=O)Nc1ccc(F)cc1)C(=O)COC(=O)c1ncc(Cl)c(Cl)c1Cl. The van der Waals surface area contributed by atoms with Crippen molar-refractivity contribution in [1.82, 2.24) is 9.88 Å². The molecule has 0 saturated heterocycles. The lowest BCUT2D eigenvalue weighted by atomic mass is 10.3. The Morgan fingerprint density at radius 3 is 2.43 bits per heavy atom. The highest BCUT2D eigenvalue weighted by Gasteiger charge is 2.21. The van der Waals surface area contributed by atoms with Gasteiger partial charge < -0.3 is 15.0 Å². The van der Waals surface area contributed by atoms with Crippen molar-refractivity contribution in [2.24, 2.45) is 0 Å². The highest BCUT2D eigenvalue weighted by Crippen LogP contribution is 2.31. The van der Waals surface area contributed by atoms with Crippen LogP contribution < -0.4 is 5.32 Å². The van der Waals surface area contributed by atoms with Crippen molar-refractivity contribution in [3.05, 3.63) is 57.0 Å². The molecule has 1 heterocycles. The van der Waals surface area contributed by atoms with Gasteiger partial charge in [-0.25, -0.2) is 14.2 Å². The quantitative estimate of drug-likeness (QED) is 0.684. The minimum Gasteiger partial charge on any atom is -0.451 e. The molecule has 0 atom stereocenters. The number of halogens is 4. The van der Waals surface area contributed by atoms with E-state index in [2.05, 4.69) is 10.3 Å². The number of nitrogens with one attached hydrogen (secondary N) is 1. The lowest BCUT2D eigenvalue weighted by Crippen LogP contribution is -2.37. The summed E-state index contributed by atoms with van der Waals surface area (Å²) in [4.78, 5) is 40.7. The Balaban J connectivity index is 1.86. The van der Waals surface area contributed by atoms with Gasteiger partial charge in [0.1, 0.15) is 5.82 Å². The van der Waals surface area contributed by atoms with E-state index in [0.717, 1.165) is 11.1 Å².